The number of nitrogen functional groups attached to an aromatic ring is 10. The van der Waals surface area contributed by atoms with Crippen molar-refractivity contribution in [2.24, 2.45) is 0 Å². The molecule has 0 aliphatic carbocycles. The van der Waals surface area contributed by atoms with Crippen LogP contribution in [0, 0.1) is 5.41 Å². The molecule has 0 aliphatic heterocycles. The van der Waals surface area contributed by atoms with Crippen LogP contribution < -0.4 is 62.7 Å². The molecule has 2 aromatic carbocycles. The molecular weight excluding hydrogens is 350 g/mol. The molecule has 0 unspecified atom stereocenters. The Morgan fingerprint density at radius 2 is 0.889 bits per heavy atom. The zero-order chi connectivity index (χ0) is 20.4. The second kappa shape index (κ2) is 5.32. The summed E-state index contributed by atoms with van der Waals surface area (Å²) in [6.07, 6.45) is 0. The van der Waals surface area contributed by atoms with Gasteiger partial charge in [0.25, 0.3) is 0 Å². The Morgan fingerprint density at radius 1 is 0.481 bits per heavy atom. The average molecular weight is 371 g/mol. The Labute approximate surface area is 152 Å². The molecule has 12 heteroatoms. The highest BCUT2D eigenvalue weighted by molar-refractivity contribution is 6.12. The zero-order valence-corrected chi connectivity index (χ0v) is 14.2. The third-order valence-electron chi connectivity index (χ3n) is 4.51. The van der Waals surface area contributed by atoms with Gasteiger partial charge in [0.15, 0.2) is 11.3 Å². The fourth-order valence-corrected chi connectivity index (χ4v) is 2.84. The molecule has 3 aromatic rings. The van der Waals surface area contributed by atoms with Gasteiger partial charge in [-0.3, -0.25) is 5.41 Å². The van der Waals surface area contributed by atoms with Gasteiger partial charge in [-0.25, -0.2) is 0 Å². The van der Waals surface area contributed by atoms with E-state index in [-0.39, 0.29) is 84.5 Å². The Kier molecular flexibility index (Phi) is 3.44. The molecule has 27 heavy (non-hydrogen) atoms. The molecule has 0 radical (unpaired) electrons. The SMILES string of the molecule is N=c1c(N)c(-c2c(N)c(N)c(N)c(N)c2N)oc2c(N)c(N)c(N)c(N)c12. The minimum absolute atomic E-state index is 0.00108. The molecule has 12 nitrogen and oxygen atoms in total. The lowest BCUT2D eigenvalue weighted by Crippen LogP contribution is -2.16. The van der Waals surface area contributed by atoms with Gasteiger partial charge in [0.2, 0.25) is 0 Å². The van der Waals surface area contributed by atoms with Crippen molar-refractivity contribution in [2.75, 3.05) is 57.3 Å². The van der Waals surface area contributed by atoms with Crippen LogP contribution in [0.4, 0.5) is 56.9 Å². The van der Waals surface area contributed by atoms with Crippen LogP contribution in [0.15, 0.2) is 4.42 Å². The van der Waals surface area contributed by atoms with Crippen LogP contribution in [-0.2, 0) is 0 Å². The lowest BCUT2D eigenvalue weighted by Gasteiger charge is -2.19. The molecule has 0 bridgehead atoms. The number of anilines is 10. The first-order valence-electron chi connectivity index (χ1n) is 7.54. The molecule has 0 fully saturated rings. The van der Waals surface area contributed by atoms with E-state index >= 15 is 0 Å². The molecule has 1 aromatic heterocycles. The van der Waals surface area contributed by atoms with Crippen molar-refractivity contribution >= 4 is 67.8 Å². The maximum Gasteiger partial charge on any atom is 0.164 e. The van der Waals surface area contributed by atoms with E-state index in [1.54, 1.807) is 0 Å². The highest BCUT2D eigenvalue weighted by Crippen LogP contribution is 2.47. The van der Waals surface area contributed by atoms with Crippen molar-refractivity contribution in [3.05, 3.63) is 5.36 Å². The first-order valence-corrected chi connectivity index (χ1v) is 7.54. The minimum Gasteiger partial charge on any atom is -0.451 e. The molecule has 21 N–H and O–H groups in total. The zero-order valence-electron chi connectivity index (χ0n) is 14.2. The lowest BCUT2D eigenvalue weighted by atomic mass is 10.00. The van der Waals surface area contributed by atoms with E-state index in [1.165, 1.54) is 0 Å². The standard InChI is InChI=1S/C15H21N11O/c16-3-1(4(17)8(21)10(23)7(3)20)14-12(25)6(19)2-5(18)9(22)11(24)13(26)15(2)27-14/h19H,16-18,20-26H2. The molecule has 0 spiro atoms. The number of hydrogen-bond donors (Lipinski definition) is 11. The number of benzene rings is 2. The van der Waals surface area contributed by atoms with Gasteiger partial charge in [-0.1, -0.05) is 0 Å². The van der Waals surface area contributed by atoms with Gasteiger partial charge in [0.05, 0.1) is 61.8 Å². The number of nitrogens with two attached hydrogens (primary N) is 10. The van der Waals surface area contributed by atoms with E-state index in [0.717, 1.165) is 0 Å². The highest BCUT2D eigenvalue weighted by Gasteiger charge is 2.25. The molecule has 3 rings (SSSR count). The predicted octanol–water partition coefficient (Wildman–Crippen LogP) is -0.599. The van der Waals surface area contributed by atoms with E-state index < -0.39 is 0 Å². The lowest BCUT2D eigenvalue weighted by molar-refractivity contribution is 0.623. The van der Waals surface area contributed by atoms with Crippen LogP contribution in [-0.4, -0.2) is 0 Å². The van der Waals surface area contributed by atoms with E-state index in [2.05, 4.69) is 0 Å². The van der Waals surface area contributed by atoms with Crippen LogP contribution in [0.2, 0.25) is 0 Å². The van der Waals surface area contributed by atoms with Crippen LogP contribution in [0.25, 0.3) is 22.3 Å². The maximum atomic E-state index is 8.39. The normalized spacial score (nSPS) is 11.1. The summed E-state index contributed by atoms with van der Waals surface area (Å²) in [7, 11) is 0. The van der Waals surface area contributed by atoms with E-state index in [0.29, 0.717) is 0 Å². The third kappa shape index (κ3) is 2.06. The van der Waals surface area contributed by atoms with Crippen LogP contribution in [0.1, 0.15) is 0 Å². The molecule has 0 atom stereocenters. The minimum atomic E-state index is -0.199. The number of hydrogen-bond acceptors (Lipinski definition) is 12. The highest BCUT2D eigenvalue weighted by atomic mass is 16.3. The summed E-state index contributed by atoms with van der Waals surface area (Å²) < 4.78 is 5.82. The first-order chi connectivity index (χ1) is 12.5. The number of rotatable bonds is 1. The second-order valence-corrected chi connectivity index (χ2v) is 6.02. The van der Waals surface area contributed by atoms with E-state index in [4.69, 9.17) is 67.2 Å². The molecule has 0 amide bonds. The van der Waals surface area contributed by atoms with Crippen LogP contribution in [0.5, 0.6) is 0 Å². The quantitative estimate of drug-likeness (QED) is 0.240. The average Bonchev–Trinajstić information content (AvgIpc) is 2.64. The number of fused-ring (bicyclic) bond motifs is 1. The van der Waals surface area contributed by atoms with Crippen molar-refractivity contribution in [3.63, 3.8) is 0 Å². The maximum absolute atomic E-state index is 8.39. The Bertz CT molecular complexity index is 1170. The topological polar surface area (TPSA) is 297 Å². The van der Waals surface area contributed by atoms with Gasteiger partial charge in [-0.05, 0) is 0 Å². The largest absolute Gasteiger partial charge is 0.451 e. The molecule has 1 heterocycles. The summed E-state index contributed by atoms with van der Waals surface area (Å²) in [4.78, 5) is 0. The second-order valence-electron chi connectivity index (χ2n) is 6.02. The Balaban J connectivity index is 2.57. The fraction of sp³-hybridized carbons (Fsp3) is 0. The first kappa shape index (κ1) is 17.5. The molecule has 0 aliphatic rings. The van der Waals surface area contributed by atoms with Crippen molar-refractivity contribution in [1.29, 1.82) is 5.41 Å². The molecular formula is C15H21N11O. The fourth-order valence-electron chi connectivity index (χ4n) is 2.84. The van der Waals surface area contributed by atoms with Crippen molar-refractivity contribution in [1.82, 2.24) is 0 Å². The van der Waals surface area contributed by atoms with Gasteiger partial charge >= 0.3 is 0 Å². The number of nitrogens with one attached hydrogen (secondary N) is 1. The Hall–Kier alpha value is -4.35. The van der Waals surface area contributed by atoms with Crippen molar-refractivity contribution in [3.8, 4) is 11.3 Å². The van der Waals surface area contributed by atoms with Crippen molar-refractivity contribution < 1.29 is 4.42 Å². The monoisotopic (exact) mass is 371 g/mol. The Morgan fingerprint density at radius 3 is 1.41 bits per heavy atom. The van der Waals surface area contributed by atoms with E-state index in [9.17, 15) is 0 Å². The van der Waals surface area contributed by atoms with Gasteiger partial charge in [-0.2, -0.15) is 0 Å². The van der Waals surface area contributed by atoms with Gasteiger partial charge in [0.1, 0.15) is 11.4 Å². The summed E-state index contributed by atoms with van der Waals surface area (Å²) in [5, 5.41) is 8.29. The molecule has 0 saturated heterocycles. The predicted molar refractivity (Wildman–Crippen MR) is 112 cm³/mol. The van der Waals surface area contributed by atoms with Gasteiger partial charge < -0.3 is 61.8 Å². The van der Waals surface area contributed by atoms with Gasteiger partial charge in [0, 0.05) is 0 Å². The summed E-state index contributed by atoms with van der Waals surface area (Å²) in [6.45, 7) is 0. The smallest absolute Gasteiger partial charge is 0.164 e. The molecule has 0 saturated carbocycles. The van der Waals surface area contributed by atoms with Crippen molar-refractivity contribution in [2.45, 2.75) is 0 Å². The third-order valence-corrected chi connectivity index (χ3v) is 4.51. The summed E-state index contributed by atoms with van der Waals surface area (Å²) in [5.74, 6) is -0.0730. The van der Waals surface area contributed by atoms with Crippen LogP contribution >= 0.6 is 0 Å². The summed E-state index contributed by atoms with van der Waals surface area (Å²) >= 11 is 0. The van der Waals surface area contributed by atoms with Crippen LogP contribution in [0.3, 0.4) is 0 Å². The van der Waals surface area contributed by atoms with E-state index in [1.807, 2.05) is 0 Å². The molecule has 142 valence electrons. The van der Waals surface area contributed by atoms with Gasteiger partial charge in [-0.15, -0.1) is 0 Å². The summed E-state index contributed by atoms with van der Waals surface area (Å²) in [5.41, 5.74) is 59.5. The summed E-state index contributed by atoms with van der Waals surface area (Å²) in [6, 6.07) is 0.